The van der Waals surface area contributed by atoms with Crippen molar-refractivity contribution in [2.24, 2.45) is 11.6 Å². The van der Waals surface area contributed by atoms with Crippen LogP contribution in [0.15, 0.2) is 42.6 Å². The monoisotopic (exact) mass is 355 g/mol. The molecular formula is C21H29N3O2. The molecule has 0 aromatic heterocycles. The lowest BCUT2D eigenvalue weighted by atomic mass is 9.97. The Hall–Kier alpha value is -2.66. The van der Waals surface area contributed by atoms with Gasteiger partial charge in [0, 0.05) is 17.8 Å². The molecule has 0 unspecified atom stereocenters. The molecular weight excluding hydrogens is 326 g/mol. The van der Waals surface area contributed by atoms with Crippen molar-refractivity contribution in [3.63, 3.8) is 0 Å². The number of aryl methyl sites for hydroxylation is 1. The first kappa shape index (κ1) is 19.7. The van der Waals surface area contributed by atoms with Gasteiger partial charge < -0.3 is 20.2 Å². The van der Waals surface area contributed by atoms with E-state index in [0.29, 0.717) is 23.9 Å². The average molecular weight is 355 g/mol. The van der Waals surface area contributed by atoms with Gasteiger partial charge in [0.2, 0.25) is 0 Å². The second-order valence-corrected chi connectivity index (χ2v) is 6.63. The number of hydrazine groups is 1. The van der Waals surface area contributed by atoms with E-state index < -0.39 is 0 Å². The zero-order chi connectivity index (χ0) is 19.3. The first-order valence-corrected chi connectivity index (χ1v) is 8.66. The predicted molar refractivity (Wildman–Crippen MR) is 107 cm³/mol. The highest BCUT2D eigenvalue weighted by Gasteiger charge is 2.15. The maximum Gasteiger partial charge on any atom is 0.131 e. The summed E-state index contributed by atoms with van der Waals surface area (Å²) in [6, 6.07) is 12.0. The van der Waals surface area contributed by atoms with Crippen molar-refractivity contribution in [1.29, 1.82) is 0 Å². The van der Waals surface area contributed by atoms with E-state index in [2.05, 4.69) is 32.9 Å². The van der Waals surface area contributed by atoms with Gasteiger partial charge in [-0.15, -0.1) is 0 Å². The fraction of sp³-hybridized carbons (Fsp3) is 0.333. The van der Waals surface area contributed by atoms with Crippen LogP contribution in [0.25, 0.3) is 5.70 Å². The third-order valence-electron chi connectivity index (χ3n) is 4.40. The zero-order valence-corrected chi connectivity index (χ0v) is 16.2. The third-order valence-corrected chi connectivity index (χ3v) is 4.40. The van der Waals surface area contributed by atoms with Crippen LogP contribution in [0.3, 0.4) is 0 Å². The molecule has 26 heavy (non-hydrogen) atoms. The van der Waals surface area contributed by atoms with Gasteiger partial charge in [-0.1, -0.05) is 38.1 Å². The minimum atomic E-state index is 0.295. The fourth-order valence-corrected chi connectivity index (χ4v) is 2.88. The van der Waals surface area contributed by atoms with Crippen LogP contribution in [0.4, 0.5) is 0 Å². The van der Waals surface area contributed by atoms with E-state index >= 15 is 0 Å². The first-order valence-electron chi connectivity index (χ1n) is 8.66. The molecule has 140 valence electrons. The van der Waals surface area contributed by atoms with Crippen LogP contribution in [0.5, 0.6) is 11.5 Å². The van der Waals surface area contributed by atoms with Crippen molar-refractivity contribution in [3.05, 3.63) is 64.9 Å². The lowest BCUT2D eigenvalue weighted by molar-refractivity contribution is 0.384. The van der Waals surface area contributed by atoms with Crippen molar-refractivity contribution in [1.82, 2.24) is 5.01 Å². The Kier molecular flexibility index (Phi) is 6.52. The molecule has 5 heteroatoms. The van der Waals surface area contributed by atoms with E-state index in [4.69, 9.17) is 21.1 Å². The molecule has 2 aromatic carbocycles. The van der Waals surface area contributed by atoms with Crippen LogP contribution in [0.1, 0.15) is 42.0 Å². The van der Waals surface area contributed by atoms with Crippen LogP contribution >= 0.6 is 0 Å². The summed E-state index contributed by atoms with van der Waals surface area (Å²) in [5.74, 6) is 7.91. The number of nitrogens with zero attached hydrogens (tertiary/aromatic N) is 1. The Labute approximate surface area is 156 Å². The van der Waals surface area contributed by atoms with Crippen LogP contribution in [-0.2, 0) is 6.54 Å². The minimum Gasteiger partial charge on any atom is -0.496 e. The van der Waals surface area contributed by atoms with Crippen molar-refractivity contribution < 1.29 is 9.47 Å². The van der Waals surface area contributed by atoms with E-state index in [1.54, 1.807) is 25.4 Å². The predicted octanol–water partition coefficient (Wildman–Crippen LogP) is 3.77. The topological polar surface area (TPSA) is 73.7 Å². The van der Waals surface area contributed by atoms with E-state index in [1.807, 2.05) is 24.3 Å². The molecule has 0 heterocycles. The SMILES string of the molecule is COc1cc(OC)c(C(C)C)cc1/C(N)=C/N(N)Cc1ccccc1C. The highest BCUT2D eigenvalue weighted by atomic mass is 16.5. The number of nitrogens with two attached hydrogens (primary N) is 2. The summed E-state index contributed by atoms with van der Waals surface area (Å²) in [6.07, 6.45) is 1.74. The molecule has 0 bridgehead atoms. The van der Waals surface area contributed by atoms with E-state index in [0.717, 1.165) is 22.4 Å². The molecule has 5 nitrogen and oxygen atoms in total. The molecule has 0 atom stereocenters. The van der Waals surface area contributed by atoms with Gasteiger partial charge in [-0.3, -0.25) is 0 Å². The largest absolute Gasteiger partial charge is 0.496 e. The molecule has 0 aliphatic rings. The van der Waals surface area contributed by atoms with Gasteiger partial charge in [0.25, 0.3) is 0 Å². The van der Waals surface area contributed by atoms with E-state index in [-0.39, 0.29) is 0 Å². The van der Waals surface area contributed by atoms with Crippen molar-refractivity contribution in [2.45, 2.75) is 33.2 Å². The van der Waals surface area contributed by atoms with Crippen molar-refractivity contribution in [3.8, 4) is 11.5 Å². The Bertz CT molecular complexity index is 785. The Morgan fingerprint density at radius 2 is 1.77 bits per heavy atom. The van der Waals surface area contributed by atoms with Gasteiger partial charge >= 0.3 is 0 Å². The molecule has 2 rings (SSSR count). The summed E-state index contributed by atoms with van der Waals surface area (Å²) in [4.78, 5) is 0. The Morgan fingerprint density at radius 1 is 1.12 bits per heavy atom. The molecule has 0 aliphatic carbocycles. The van der Waals surface area contributed by atoms with Crippen molar-refractivity contribution in [2.75, 3.05) is 14.2 Å². The summed E-state index contributed by atoms with van der Waals surface area (Å²) in [5.41, 5.74) is 11.1. The molecule has 0 fully saturated rings. The van der Waals surface area contributed by atoms with Gasteiger partial charge in [0.1, 0.15) is 11.5 Å². The zero-order valence-electron chi connectivity index (χ0n) is 16.2. The lowest BCUT2D eigenvalue weighted by Crippen LogP contribution is -2.26. The summed E-state index contributed by atoms with van der Waals surface area (Å²) in [5, 5.41) is 1.59. The van der Waals surface area contributed by atoms with Crippen LogP contribution in [0, 0.1) is 6.92 Å². The molecule has 4 N–H and O–H groups in total. The number of rotatable bonds is 7. The molecule has 0 spiro atoms. The Balaban J connectivity index is 2.35. The van der Waals surface area contributed by atoms with Crippen LogP contribution in [-0.4, -0.2) is 19.2 Å². The maximum absolute atomic E-state index is 6.34. The smallest absolute Gasteiger partial charge is 0.131 e. The lowest BCUT2D eigenvalue weighted by Gasteiger charge is -2.19. The summed E-state index contributed by atoms with van der Waals surface area (Å²) in [7, 11) is 3.28. The normalized spacial score (nSPS) is 11.6. The van der Waals surface area contributed by atoms with E-state index in [9.17, 15) is 0 Å². The highest BCUT2D eigenvalue weighted by molar-refractivity contribution is 5.70. The van der Waals surface area contributed by atoms with Gasteiger partial charge in [0.05, 0.1) is 26.5 Å². The molecule has 0 saturated carbocycles. The van der Waals surface area contributed by atoms with Crippen molar-refractivity contribution >= 4 is 5.70 Å². The molecule has 2 aromatic rings. The average Bonchev–Trinajstić information content (AvgIpc) is 2.62. The number of methoxy groups -OCH3 is 2. The first-order chi connectivity index (χ1) is 12.4. The molecule has 0 saturated heterocycles. The van der Waals surface area contributed by atoms with Gasteiger partial charge in [0.15, 0.2) is 0 Å². The number of benzene rings is 2. The van der Waals surface area contributed by atoms with Crippen LogP contribution < -0.4 is 21.1 Å². The highest BCUT2D eigenvalue weighted by Crippen LogP contribution is 2.35. The summed E-state index contributed by atoms with van der Waals surface area (Å²) in [6.45, 7) is 6.86. The van der Waals surface area contributed by atoms with Crippen LogP contribution in [0.2, 0.25) is 0 Å². The Morgan fingerprint density at radius 3 is 2.35 bits per heavy atom. The third kappa shape index (κ3) is 4.49. The fourth-order valence-electron chi connectivity index (χ4n) is 2.88. The minimum absolute atomic E-state index is 0.295. The number of ether oxygens (including phenoxy) is 2. The standard InChI is InChI=1S/C21H29N3O2/c1-14(2)17-10-18(21(26-5)11-20(17)25-4)19(22)13-24(23)12-16-9-7-6-8-15(16)3/h6-11,13-14H,12,22-23H2,1-5H3/b19-13-. The van der Waals surface area contributed by atoms with Gasteiger partial charge in [-0.2, -0.15) is 0 Å². The molecule has 0 radical (unpaired) electrons. The maximum atomic E-state index is 6.34. The summed E-state index contributed by atoms with van der Waals surface area (Å²) >= 11 is 0. The number of hydrogen-bond acceptors (Lipinski definition) is 5. The number of hydrogen-bond donors (Lipinski definition) is 2. The summed E-state index contributed by atoms with van der Waals surface area (Å²) < 4.78 is 11.0. The van der Waals surface area contributed by atoms with E-state index in [1.165, 1.54) is 5.56 Å². The van der Waals surface area contributed by atoms with Gasteiger partial charge in [-0.25, -0.2) is 5.84 Å². The molecule has 0 amide bonds. The second kappa shape index (κ2) is 8.63. The quantitative estimate of drug-likeness (QED) is 0.584. The van der Waals surface area contributed by atoms with Gasteiger partial charge in [-0.05, 0) is 35.6 Å². The molecule has 0 aliphatic heterocycles. The second-order valence-electron chi connectivity index (χ2n) is 6.63.